The highest BCUT2D eigenvalue weighted by molar-refractivity contribution is 5.46. The molecule has 0 aliphatic heterocycles. The fraction of sp³-hybridized carbons (Fsp3) is 0.462. The quantitative estimate of drug-likeness (QED) is 0.879. The number of rotatable bonds is 4. The Morgan fingerprint density at radius 1 is 1.47 bits per heavy atom. The standard InChI is InChI=1S/C13H18N4O2/c1-4-6-13(2,3)9-10(18)11(15-16-12(9)19)17-8-5-7-14-17/h5,7-8H,4,6H2,1-3H3,(H2,16,18,19). The first-order valence-electron chi connectivity index (χ1n) is 6.29. The molecule has 2 aromatic heterocycles. The molecule has 2 heterocycles. The molecule has 0 aromatic carbocycles. The second-order valence-corrected chi connectivity index (χ2v) is 5.18. The first-order valence-corrected chi connectivity index (χ1v) is 6.29. The summed E-state index contributed by atoms with van der Waals surface area (Å²) in [5, 5.41) is 20.7. The molecule has 0 saturated heterocycles. The monoisotopic (exact) mass is 262 g/mol. The number of hydrogen-bond acceptors (Lipinski definition) is 4. The van der Waals surface area contributed by atoms with E-state index in [0.29, 0.717) is 5.56 Å². The van der Waals surface area contributed by atoms with Crippen molar-refractivity contribution in [3.05, 3.63) is 34.4 Å². The van der Waals surface area contributed by atoms with Gasteiger partial charge in [-0.25, -0.2) is 9.78 Å². The normalized spacial score (nSPS) is 11.7. The van der Waals surface area contributed by atoms with E-state index in [4.69, 9.17) is 0 Å². The minimum absolute atomic E-state index is 0.106. The topological polar surface area (TPSA) is 83.8 Å². The smallest absolute Gasteiger partial charge is 0.271 e. The summed E-state index contributed by atoms with van der Waals surface area (Å²) in [5.74, 6) is 0.134. The van der Waals surface area contributed by atoms with Gasteiger partial charge in [-0.2, -0.15) is 5.10 Å². The zero-order valence-corrected chi connectivity index (χ0v) is 11.3. The van der Waals surface area contributed by atoms with Crippen LogP contribution in [0.1, 0.15) is 39.2 Å². The van der Waals surface area contributed by atoms with Crippen LogP contribution < -0.4 is 5.56 Å². The van der Waals surface area contributed by atoms with Crippen LogP contribution in [0.25, 0.3) is 5.82 Å². The first kappa shape index (κ1) is 13.3. The van der Waals surface area contributed by atoms with E-state index in [1.165, 1.54) is 4.68 Å². The van der Waals surface area contributed by atoms with Crippen LogP contribution in [0, 0.1) is 0 Å². The molecule has 0 radical (unpaired) electrons. The van der Waals surface area contributed by atoms with Gasteiger partial charge in [-0.3, -0.25) is 4.79 Å². The van der Waals surface area contributed by atoms with Gasteiger partial charge in [0.2, 0.25) is 5.82 Å². The summed E-state index contributed by atoms with van der Waals surface area (Å²) in [6.45, 7) is 5.92. The molecule has 0 aliphatic carbocycles. The number of hydrogen-bond donors (Lipinski definition) is 2. The number of aromatic amines is 1. The van der Waals surface area contributed by atoms with Gasteiger partial charge in [0.05, 0.1) is 5.56 Å². The van der Waals surface area contributed by atoms with E-state index in [1.54, 1.807) is 18.5 Å². The van der Waals surface area contributed by atoms with Crippen molar-refractivity contribution in [3.63, 3.8) is 0 Å². The van der Waals surface area contributed by atoms with Gasteiger partial charge in [0.15, 0.2) is 5.75 Å². The third-order valence-corrected chi connectivity index (χ3v) is 3.21. The summed E-state index contributed by atoms with van der Waals surface area (Å²) in [4.78, 5) is 12.0. The second-order valence-electron chi connectivity index (χ2n) is 5.18. The zero-order chi connectivity index (χ0) is 14.0. The molecule has 0 fully saturated rings. The molecular formula is C13H18N4O2. The van der Waals surface area contributed by atoms with Crippen molar-refractivity contribution < 1.29 is 5.11 Å². The number of aromatic hydroxyl groups is 1. The summed E-state index contributed by atoms with van der Waals surface area (Å²) < 4.78 is 1.43. The molecule has 2 aromatic rings. The van der Waals surface area contributed by atoms with E-state index in [-0.39, 0.29) is 17.1 Å². The predicted molar refractivity (Wildman–Crippen MR) is 71.6 cm³/mol. The fourth-order valence-corrected chi connectivity index (χ4v) is 2.36. The molecule has 19 heavy (non-hydrogen) atoms. The van der Waals surface area contributed by atoms with Crippen LogP contribution >= 0.6 is 0 Å². The number of nitrogens with zero attached hydrogens (tertiary/aromatic N) is 3. The van der Waals surface area contributed by atoms with Crippen LogP contribution in [0.5, 0.6) is 5.75 Å². The van der Waals surface area contributed by atoms with Crippen molar-refractivity contribution in [2.24, 2.45) is 0 Å². The molecule has 0 saturated carbocycles. The van der Waals surface area contributed by atoms with Crippen LogP contribution in [-0.2, 0) is 5.41 Å². The van der Waals surface area contributed by atoms with Gasteiger partial charge in [0.1, 0.15) is 0 Å². The van der Waals surface area contributed by atoms with E-state index in [2.05, 4.69) is 15.3 Å². The molecule has 0 unspecified atom stereocenters. The average molecular weight is 262 g/mol. The number of nitrogens with one attached hydrogen (secondary N) is 1. The highest BCUT2D eigenvalue weighted by atomic mass is 16.3. The highest BCUT2D eigenvalue weighted by Crippen LogP contribution is 2.33. The van der Waals surface area contributed by atoms with E-state index in [9.17, 15) is 9.90 Å². The van der Waals surface area contributed by atoms with Crippen LogP contribution in [0.15, 0.2) is 23.3 Å². The molecule has 6 heteroatoms. The molecule has 2 rings (SSSR count). The van der Waals surface area contributed by atoms with Gasteiger partial charge < -0.3 is 5.11 Å². The van der Waals surface area contributed by atoms with Crippen molar-refractivity contribution in [2.45, 2.75) is 39.0 Å². The molecule has 0 spiro atoms. The number of aromatic nitrogens is 4. The Hall–Kier alpha value is -2.11. The Labute approximate surface area is 111 Å². The van der Waals surface area contributed by atoms with Crippen molar-refractivity contribution in [2.75, 3.05) is 0 Å². The minimum Gasteiger partial charge on any atom is -0.504 e. The van der Waals surface area contributed by atoms with Crippen LogP contribution in [-0.4, -0.2) is 25.1 Å². The van der Waals surface area contributed by atoms with E-state index >= 15 is 0 Å². The summed E-state index contributed by atoms with van der Waals surface area (Å²) in [5.41, 5.74) is -0.418. The van der Waals surface area contributed by atoms with E-state index in [1.807, 2.05) is 20.8 Å². The maximum atomic E-state index is 12.0. The fourth-order valence-electron chi connectivity index (χ4n) is 2.36. The van der Waals surface area contributed by atoms with Gasteiger partial charge >= 0.3 is 0 Å². The van der Waals surface area contributed by atoms with Crippen LogP contribution in [0.3, 0.4) is 0 Å². The van der Waals surface area contributed by atoms with Crippen molar-refractivity contribution in [1.29, 1.82) is 0 Å². The lowest BCUT2D eigenvalue weighted by molar-refractivity contribution is 0.405. The van der Waals surface area contributed by atoms with Gasteiger partial charge in [-0.1, -0.05) is 27.2 Å². The molecule has 0 aliphatic rings. The molecule has 102 valence electrons. The largest absolute Gasteiger partial charge is 0.504 e. The third-order valence-electron chi connectivity index (χ3n) is 3.21. The Morgan fingerprint density at radius 2 is 2.21 bits per heavy atom. The zero-order valence-electron chi connectivity index (χ0n) is 11.3. The lowest BCUT2D eigenvalue weighted by Gasteiger charge is -2.24. The van der Waals surface area contributed by atoms with Crippen LogP contribution in [0.4, 0.5) is 0 Å². The van der Waals surface area contributed by atoms with Gasteiger partial charge in [-0.15, -0.1) is 5.10 Å². The van der Waals surface area contributed by atoms with Crippen molar-refractivity contribution >= 4 is 0 Å². The molecule has 0 atom stereocenters. The Balaban J connectivity index is 2.62. The summed E-state index contributed by atoms with van der Waals surface area (Å²) in [6, 6.07) is 1.73. The van der Waals surface area contributed by atoms with Gasteiger partial charge in [0, 0.05) is 12.4 Å². The van der Waals surface area contributed by atoms with E-state index < -0.39 is 5.41 Å². The van der Waals surface area contributed by atoms with E-state index in [0.717, 1.165) is 12.8 Å². The second kappa shape index (κ2) is 4.87. The van der Waals surface area contributed by atoms with Crippen LogP contribution in [0.2, 0.25) is 0 Å². The summed E-state index contributed by atoms with van der Waals surface area (Å²) >= 11 is 0. The average Bonchev–Trinajstić information content (AvgIpc) is 2.82. The molecule has 2 N–H and O–H groups in total. The maximum Gasteiger partial charge on any atom is 0.271 e. The Kier molecular flexibility index (Phi) is 3.42. The first-order chi connectivity index (χ1) is 8.97. The maximum absolute atomic E-state index is 12.0. The minimum atomic E-state index is -0.419. The highest BCUT2D eigenvalue weighted by Gasteiger charge is 2.29. The van der Waals surface area contributed by atoms with Gasteiger partial charge in [0.25, 0.3) is 5.56 Å². The number of H-pyrrole nitrogens is 1. The lowest BCUT2D eigenvalue weighted by atomic mass is 9.81. The SMILES string of the molecule is CCCC(C)(C)c1c(O)c(-n2cccn2)n[nH]c1=O. The Bertz CT molecular complexity index is 614. The van der Waals surface area contributed by atoms with Gasteiger partial charge in [-0.05, 0) is 17.9 Å². The van der Waals surface area contributed by atoms with Crippen molar-refractivity contribution in [3.8, 4) is 11.6 Å². The molecule has 0 bridgehead atoms. The molecular weight excluding hydrogens is 244 g/mol. The Morgan fingerprint density at radius 3 is 2.79 bits per heavy atom. The summed E-state index contributed by atoms with van der Waals surface area (Å²) in [7, 11) is 0. The lowest BCUT2D eigenvalue weighted by Crippen LogP contribution is -2.29. The molecule has 6 nitrogen and oxygen atoms in total. The predicted octanol–water partition coefficient (Wildman–Crippen LogP) is 1.74. The van der Waals surface area contributed by atoms with Crippen molar-refractivity contribution in [1.82, 2.24) is 20.0 Å². The molecule has 0 amide bonds. The third kappa shape index (κ3) is 2.38. The summed E-state index contributed by atoms with van der Waals surface area (Å²) in [6.07, 6.45) is 4.97.